The third-order valence-electron chi connectivity index (χ3n) is 2.58. The van der Waals surface area contributed by atoms with E-state index < -0.39 is 17.7 Å². The van der Waals surface area contributed by atoms with Gasteiger partial charge in [-0.25, -0.2) is 9.78 Å². The van der Waals surface area contributed by atoms with Gasteiger partial charge in [-0.1, -0.05) is 0 Å². The highest BCUT2D eigenvalue weighted by Gasteiger charge is 2.58. The molecule has 102 valence electrons. The molecule has 2 rings (SSSR count). The predicted molar refractivity (Wildman–Crippen MR) is 56.5 cm³/mol. The summed E-state index contributed by atoms with van der Waals surface area (Å²) in [5.74, 6) is -2.38. The molecular weight excluding hydrogens is 267 g/mol. The SMILES string of the molecule is CC(Nc1nccn2cnnc12)(C(=O)O)C(F)(F)F. The maximum Gasteiger partial charge on any atom is 0.422 e. The Morgan fingerprint density at radius 3 is 2.74 bits per heavy atom. The number of hydrogen-bond donors (Lipinski definition) is 2. The zero-order valence-electron chi connectivity index (χ0n) is 9.51. The van der Waals surface area contributed by atoms with E-state index in [1.165, 1.54) is 23.1 Å². The number of nitrogens with zero attached hydrogens (tertiary/aromatic N) is 4. The molecule has 1 atom stereocenters. The molecule has 19 heavy (non-hydrogen) atoms. The van der Waals surface area contributed by atoms with E-state index in [0.29, 0.717) is 6.92 Å². The average molecular weight is 275 g/mol. The molecule has 0 bridgehead atoms. The van der Waals surface area contributed by atoms with Crippen LogP contribution in [0.1, 0.15) is 6.92 Å². The summed E-state index contributed by atoms with van der Waals surface area (Å²) >= 11 is 0. The minimum atomic E-state index is -5.01. The summed E-state index contributed by atoms with van der Waals surface area (Å²) in [6.45, 7) is 0.511. The second kappa shape index (κ2) is 4.07. The Hall–Kier alpha value is -2.39. The topological polar surface area (TPSA) is 92.4 Å². The monoisotopic (exact) mass is 275 g/mol. The molecule has 0 aliphatic heterocycles. The number of alkyl halides is 3. The molecule has 0 aliphatic rings. The minimum absolute atomic E-state index is 0.000718. The first kappa shape index (κ1) is 13.1. The highest BCUT2D eigenvalue weighted by atomic mass is 19.4. The summed E-state index contributed by atoms with van der Waals surface area (Å²) in [5, 5.41) is 17.7. The number of halogens is 3. The molecule has 2 aromatic rings. The van der Waals surface area contributed by atoms with Crippen LogP contribution < -0.4 is 5.32 Å². The molecule has 0 spiro atoms. The second-order valence-corrected chi connectivity index (χ2v) is 3.89. The van der Waals surface area contributed by atoms with Crippen molar-refractivity contribution in [1.29, 1.82) is 0 Å². The first-order valence-electron chi connectivity index (χ1n) is 4.98. The highest BCUT2D eigenvalue weighted by Crippen LogP contribution is 2.33. The lowest BCUT2D eigenvalue weighted by Gasteiger charge is -2.28. The average Bonchev–Trinajstić information content (AvgIpc) is 2.76. The molecule has 1 unspecified atom stereocenters. The van der Waals surface area contributed by atoms with Crippen molar-refractivity contribution in [1.82, 2.24) is 19.6 Å². The fraction of sp³-hybridized carbons (Fsp3) is 0.333. The Kier molecular flexibility index (Phi) is 2.80. The summed E-state index contributed by atoms with van der Waals surface area (Å²) in [5.41, 5.74) is -3.17. The number of carbonyl (C=O) groups is 1. The summed E-state index contributed by atoms with van der Waals surface area (Å²) < 4.78 is 39.9. The zero-order chi connectivity index (χ0) is 14.3. The van der Waals surface area contributed by atoms with E-state index in [1.807, 2.05) is 5.32 Å². The van der Waals surface area contributed by atoms with Gasteiger partial charge < -0.3 is 10.4 Å². The van der Waals surface area contributed by atoms with Crippen molar-refractivity contribution in [2.24, 2.45) is 0 Å². The molecule has 0 amide bonds. The smallest absolute Gasteiger partial charge is 0.422 e. The van der Waals surface area contributed by atoms with E-state index in [1.54, 1.807) is 0 Å². The number of carboxylic acid groups (broad SMARTS) is 1. The molecular formula is C9H8F3N5O2. The van der Waals surface area contributed by atoms with Crippen LogP contribution in [0.4, 0.5) is 19.0 Å². The zero-order valence-corrected chi connectivity index (χ0v) is 9.51. The van der Waals surface area contributed by atoms with Crippen LogP contribution in [0.3, 0.4) is 0 Å². The summed E-state index contributed by atoms with van der Waals surface area (Å²) in [4.78, 5) is 14.6. The van der Waals surface area contributed by atoms with Gasteiger partial charge in [-0.3, -0.25) is 4.40 Å². The van der Waals surface area contributed by atoms with Gasteiger partial charge in [-0.15, -0.1) is 10.2 Å². The van der Waals surface area contributed by atoms with Gasteiger partial charge in [0, 0.05) is 12.4 Å². The van der Waals surface area contributed by atoms with Crippen molar-refractivity contribution in [3.63, 3.8) is 0 Å². The molecule has 0 aliphatic carbocycles. The Labute approximate surface area is 104 Å². The van der Waals surface area contributed by atoms with Crippen LogP contribution in [0.5, 0.6) is 0 Å². The van der Waals surface area contributed by atoms with Crippen LogP contribution in [0.2, 0.25) is 0 Å². The predicted octanol–water partition coefficient (Wildman–Crippen LogP) is 0.942. The maximum absolute atomic E-state index is 12.9. The van der Waals surface area contributed by atoms with Gasteiger partial charge in [0.2, 0.25) is 11.2 Å². The van der Waals surface area contributed by atoms with E-state index >= 15 is 0 Å². The number of hydrogen-bond acceptors (Lipinski definition) is 5. The number of aromatic nitrogens is 4. The molecule has 0 fully saturated rings. The number of nitrogens with one attached hydrogen (secondary N) is 1. The van der Waals surface area contributed by atoms with Crippen LogP contribution >= 0.6 is 0 Å². The molecule has 2 heterocycles. The Bertz CT molecular complexity index is 626. The standard InChI is InChI=1S/C9H8F3N5O2/c1-8(7(18)19,9(10,11)12)15-5-6-16-14-4-17(6)3-2-13-5/h2-4H,1H3,(H,13,15)(H,18,19). The van der Waals surface area contributed by atoms with Gasteiger partial charge in [-0.05, 0) is 6.92 Å². The Morgan fingerprint density at radius 2 is 2.16 bits per heavy atom. The van der Waals surface area contributed by atoms with Crippen LogP contribution in [0.25, 0.3) is 5.65 Å². The molecule has 2 aromatic heterocycles. The lowest BCUT2D eigenvalue weighted by Crippen LogP contribution is -2.55. The number of rotatable bonds is 3. The molecule has 0 radical (unpaired) electrons. The lowest BCUT2D eigenvalue weighted by molar-refractivity contribution is -0.192. The molecule has 10 heteroatoms. The van der Waals surface area contributed by atoms with Crippen LogP contribution in [-0.4, -0.2) is 42.4 Å². The fourth-order valence-electron chi connectivity index (χ4n) is 1.33. The maximum atomic E-state index is 12.9. The molecule has 7 nitrogen and oxygen atoms in total. The fourth-order valence-corrected chi connectivity index (χ4v) is 1.33. The largest absolute Gasteiger partial charge is 0.479 e. The minimum Gasteiger partial charge on any atom is -0.479 e. The van der Waals surface area contributed by atoms with E-state index in [2.05, 4.69) is 15.2 Å². The first-order valence-corrected chi connectivity index (χ1v) is 4.98. The van der Waals surface area contributed by atoms with Crippen molar-refractivity contribution in [3.05, 3.63) is 18.7 Å². The van der Waals surface area contributed by atoms with Crippen LogP contribution in [0.15, 0.2) is 18.7 Å². The van der Waals surface area contributed by atoms with Gasteiger partial charge in [0.15, 0.2) is 5.82 Å². The van der Waals surface area contributed by atoms with Crippen molar-refractivity contribution in [2.75, 3.05) is 5.32 Å². The van der Waals surface area contributed by atoms with Gasteiger partial charge in [0.25, 0.3) is 0 Å². The van der Waals surface area contributed by atoms with Crippen molar-refractivity contribution in [3.8, 4) is 0 Å². The Balaban J connectivity index is 2.48. The third-order valence-corrected chi connectivity index (χ3v) is 2.58. The number of aliphatic carboxylic acids is 1. The van der Waals surface area contributed by atoms with Gasteiger partial charge in [-0.2, -0.15) is 13.2 Å². The number of anilines is 1. The normalized spacial score (nSPS) is 15.2. The van der Waals surface area contributed by atoms with Gasteiger partial charge in [0.05, 0.1) is 0 Å². The van der Waals surface area contributed by atoms with E-state index in [0.717, 1.165) is 0 Å². The number of carboxylic acids is 1. The van der Waals surface area contributed by atoms with Gasteiger partial charge in [0.1, 0.15) is 6.33 Å². The van der Waals surface area contributed by atoms with Crippen LogP contribution in [-0.2, 0) is 4.79 Å². The van der Waals surface area contributed by atoms with E-state index in [4.69, 9.17) is 5.11 Å². The van der Waals surface area contributed by atoms with Crippen molar-refractivity contribution in [2.45, 2.75) is 18.6 Å². The van der Waals surface area contributed by atoms with E-state index in [-0.39, 0.29) is 11.5 Å². The molecule has 0 saturated heterocycles. The Morgan fingerprint density at radius 1 is 1.47 bits per heavy atom. The highest BCUT2D eigenvalue weighted by molar-refractivity contribution is 5.84. The first-order chi connectivity index (χ1) is 8.75. The molecule has 0 saturated carbocycles. The lowest BCUT2D eigenvalue weighted by atomic mass is 10.0. The summed E-state index contributed by atoms with van der Waals surface area (Å²) in [7, 11) is 0. The molecule has 0 aromatic carbocycles. The van der Waals surface area contributed by atoms with E-state index in [9.17, 15) is 18.0 Å². The third kappa shape index (κ3) is 2.04. The quantitative estimate of drug-likeness (QED) is 0.866. The van der Waals surface area contributed by atoms with Gasteiger partial charge >= 0.3 is 12.1 Å². The van der Waals surface area contributed by atoms with Crippen LogP contribution in [0, 0.1) is 0 Å². The molecule has 2 N–H and O–H groups in total. The van der Waals surface area contributed by atoms with Crippen molar-refractivity contribution < 1.29 is 23.1 Å². The summed E-state index contributed by atoms with van der Waals surface area (Å²) in [6, 6.07) is 0. The number of fused-ring (bicyclic) bond motifs is 1. The van der Waals surface area contributed by atoms with Crippen molar-refractivity contribution >= 4 is 17.4 Å². The summed E-state index contributed by atoms with van der Waals surface area (Å²) in [6.07, 6.45) is -1.12. The second-order valence-electron chi connectivity index (χ2n) is 3.89.